The van der Waals surface area contributed by atoms with Crippen molar-refractivity contribution >= 4 is 21.6 Å². The third kappa shape index (κ3) is 4.01. The highest BCUT2D eigenvalue weighted by molar-refractivity contribution is 7.90. The Labute approximate surface area is 111 Å². The molecule has 1 aromatic carbocycles. The molecule has 4 N–H and O–H groups in total. The Balaban J connectivity index is 2.05. The molecular weight excluding hydrogens is 266 g/mol. The van der Waals surface area contributed by atoms with Gasteiger partial charge in [0.15, 0.2) is 0 Å². The summed E-state index contributed by atoms with van der Waals surface area (Å²) in [4.78, 5) is 0. The van der Waals surface area contributed by atoms with Crippen LogP contribution in [-0.4, -0.2) is 8.42 Å². The smallest absolute Gasteiger partial charge is 0.296 e. The van der Waals surface area contributed by atoms with E-state index in [9.17, 15) is 8.42 Å². The molecule has 19 heavy (non-hydrogen) atoms. The highest BCUT2D eigenvalue weighted by Crippen LogP contribution is 2.17. The molecule has 0 aliphatic heterocycles. The maximum Gasteiger partial charge on any atom is 0.296 e. The van der Waals surface area contributed by atoms with E-state index in [2.05, 4.69) is 10.0 Å². The van der Waals surface area contributed by atoms with Gasteiger partial charge in [-0.05, 0) is 36.8 Å². The van der Waals surface area contributed by atoms with Gasteiger partial charge in [-0.25, -0.2) is 5.14 Å². The monoisotopic (exact) mass is 281 g/mol. The molecule has 0 unspecified atom stereocenters. The van der Waals surface area contributed by atoms with Crippen molar-refractivity contribution in [1.82, 2.24) is 0 Å². The summed E-state index contributed by atoms with van der Waals surface area (Å²) >= 11 is 0. The zero-order valence-electron chi connectivity index (χ0n) is 10.4. The molecule has 0 bridgehead atoms. The van der Waals surface area contributed by atoms with Gasteiger partial charge in [0.05, 0.1) is 18.5 Å². The number of furan rings is 1. The Morgan fingerprint density at radius 1 is 1.26 bits per heavy atom. The van der Waals surface area contributed by atoms with Crippen LogP contribution >= 0.6 is 0 Å². The quantitative estimate of drug-likeness (QED) is 0.778. The number of rotatable bonds is 5. The molecule has 2 aromatic rings. The van der Waals surface area contributed by atoms with E-state index in [1.807, 2.05) is 19.1 Å². The van der Waals surface area contributed by atoms with Crippen molar-refractivity contribution in [2.24, 2.45) is 5.14 Å². The van der Waals surface area contributed by atoms with Crippen LogP contribution in [0.4, 0.5) is 11.4 Å². The predicted molar refractivity (Wildman–Crippen MR) is 73.9 cm³/mol. The first-order valence-electron chi connectivity index (χ1n) is 5.61. The minimum absolute atomic E-state index is 0.406. The van der Waals surface area contributed by atoms with Gasteiger partial charge >= 0.3 is 0 Å². The molecule has 2 rings (SSSR count). The molecule has 1 aromatic heterocycles. The van der Waals surface area contributed by atoms with E-state index in [0.717, 1.165) is 17.0 Å². The van der Waals surface area contributed by atoms with Crippen molar-refractivity contribution in [2.45, 2.75) is 13.5 Å². The zero-order chi connectivity index (χ0) is 13.9. The summed E-state index contributed by atoms with van der Waals surface area (Å²) in [6, 6.07) is 8.71. The van der Waals surface area contributed by atoms with Crippen LogP contribution in [-0.2, 0) is 16.8 Å². The number of hydrogen-bond acceptors (Lipinski definition) is 4. The number of hydrogen-bond donors (Lipinski definition) is 3. The average Bonchev–Trinajstić information content (AvgIpc) is 2.70. The van der Waals surface area contributed by atoms with Gasteiger partial charge in [-0.15, -0.1) is 0 Å². The molecule has 0 saturated heterocycles. The Morgan fingerprint density at radius 2 is 2.00 bits per heavy atom. The van der Waals surface area contributed by atoms with E-state index in [0.29, 0.717) is 12.2 Å². The standard InChI is InChI=1S/C12H15N3O3S/c1-9-5-6-18-12(9)8-14-10-3-2-4-11(7-10)15-19(13,16)17/h2-7,14-15H,8H2,1H3,(H2,13,16,17). The van der Waals surface area contributed by atoms with Crippen molar-refractivity contribution in [2.75, 3.05) is 10.0 Å². The highest BCUT2D eigenvalue weighted by Gasteiger charge is 2.04. The molecule has 0 fully saturated rings. The SMILES string of the molecule is Cc1ccoc1CNc1cccc(NS(N)(=O)=O)c1. The fourth-order valence-electron chi connectivity index (χ4n) is 1.62. The maximum absolute atomic E-state index is 10.9. The van der Waals surface area contributed by atoms with Crippen molar-refractivity contribution in [3.05, 3.63) is 47.9 Å². The minimum atomic E-state index is -3.76. The van der Waals surface area contributed by atoms with Crippen LogP contribution in [0.2, 0.25) is 0 Å². The molecule has 1 heterocycles. The normalized spacial score (nSPS) is 11.3. The van der Waals surface area contributed by atoms with E-state index in [-0.39, 0.29) is 0 Å². The van der Waals surface area contributed by atoms with Crippen molar-refractivity contribution in [3.63, 3.8) is 0 Å². The summed E-state index contributed by atoms with van der Waals surface area (Å²) < 4.78 is 29.4. The van der Waals surface area contributed by atoms with Crippen LogP contribution in [0.1, 0.15) is 11.3 Å². The van der Waals surface area contributed by atoms with E-state index < -0.39 is 10.2 Å². The first-order chi connectivity index (χ1) is 8.94. The second-order valence-corrected chi connectivity index (χ2v) is 5.40. The fourth-order valence-corrected chi connectivity index (χ4v) is 2.08. The molecule has 0 aliphatic carbocycles. The van der Waals surface area contributed by atoms with Gasteiger partial charge in [0, 0.05) is 5.69 Å². The molecule has 0 aliphatic rings. The largest absolute Gasteiger partial charge is 0.467 e. The molecule has 0 atom stereocenters. The van der Waals surface area contributed by atoms with Gasteiger partial charge in [-0.2, -0.15) is 8.42 Å². The van der Waals surface area contributed by atoms with E-state index in [1.165, 1.54) is 0 Å². The second-order valence-electron chi connectivity index (χ2n) is 4.11. The number of benzene rings is 1. The highest BCUT2D eigenvalue weighted by atomic mass is 32.2. The van der Waals surface area contributed by atoms with Crippen molar-refractivity contribution in [1.29, 1.82) is 0 Å². The zero-order valence-corrected chi connectivity index (χ0v) is 11.2. The summed E-state index contributed by atoms with van der Waals surface area (Å²) in [5.74, 6) is 0.838. The molecule has 0 spiro atoms. The molecule has 7 heteroatoms. The van der Waals surface area contributed by atoms with Crippen LogP contribution in [0.3, 0.4) is 0 Å². The summed E-state index contributed by atoms with van der Waals surface area (Å²) in [5.41, 5.74) is 2.24. The maximum atomic E-state index is 10.9. The Bertz CT molecular complexity index is 664. The lowest BCUT2D eigenvalue weighted by Gasteiger charge is -2.08. The molecule has 0 saturated carbocycles. The lowest BCUT2D eigenvalue weighted by Crippen LogP contribution is -2.21. The third-order valence-electron chi connectivity index (χ3n) is 2.54. The van der Waals surface area contributed by atoms with Crippen LogP contribution in [0.5, 0.6) is 0 Å². The fraction of sp³-hybridized carbons (Fsp3) is 0.167. The topological polar surface area (TPSA) is 97.4 Å². The van der Waals surface area contributed by atoms with Crippen LogP contribution in [0.15, 0.2) is 41.0 Å². The number of anilines is 2. The first-order valence-corrected chi connectivity index (χ1v) is 7.16. The predicted octanol–water partition coefficient (Wildman–Crippen LogP) is 1.82. The summed E-state index contributed by atoms with van der Waals surface area (Å²) in [5, 5.41) is 8.06. The van der Waals surface area contributed by atoms with Gasteiger partial charge < -0.3 is 9.73 Å². The Kier molecular flexibility index (Phi) is 3.77. The number of nitrogens with two attached hydrogens (primary N) is 1. The van der Waals surface area contributed by atoms with Gasteiger partial charge in [-0.3, -0.25) is 4.72 Å². The summed E-state index contributed by atoms with van der Waals surface area (Å²) in [7, 11) is -3.76. The average molecular weight is 281 g/mol. The molecule has 0 radical (unpaired) electrons. The number of nitrogens with one attached hydrogen (secondary N) is 2. The van der Waals surface area contributed by atoms with Gasteiger partial charge in [-0.1, -0.05) is 6.07 Å². The minimum Gasteiger partial charge on any atom is -0.467 e. The van der Waals surface area contributed by atoms with Crippen LogP contribution in [0, 0.1) is 6.92 Å². The van der Waals surface area contributed by atoms with Gasteiger partial charge in [0.2, 0.25) is 0 Å². The lowest BCUT2D eigenvalue weighted by molar-refractivity contribution is 0.515. The lowest BCUT2D eigenvalue weighted by atomic mass is 10.2. The van der Waals surface area contributed by atoms with E-state index >= 15 is 0 Å². The van der Waals surface area contributed by atoms with E-state index in [4.69, 9.17) is 9.56 Å². The summed E-state index contributed by atoms with van der Waals surface area (Å²) in [6.45, 7) is 2.48. The first kappa shape index (κ1) is 13.4. The van der Waals surface area contributed by atoms with Gasteiger partial charge in [0.25, 0.3) is 10.2 Å². The Hall–Kier alpha value is -1.99. The third-order valence-corrected chi connectivity index (χ3v) is 3.06. The van der Waals surface area contributed by atoms with Crippen LogP contribution < -0.4 is 15.2 Å². The van der Waals surface area contributed by atoms with E-state index in [1.54, 1.807) is 24.5 Å². The van der Waals surface area contributed by atoms with Crippen LogP contribution in [0.25, 0.3) is 0 Å². The number of aryl methyl sites for hydroxylation is 1. The second kappa shape index (κ2) is 5.33. The molecule has 0 amide bonds. The molecule has 6 nitrogen and oxygen atoms in total. The molecular formula is C12H15N3O3S. The van der Waals surface area contributed by atoms with Gasteiger partial charge in [0.1, 0.15) is 5.76 Å². The van der Waals surface area contributed by atoms with Crippen molar-refractivity contribution < 1.29 is 12.8 Å². The summed E-state index contributed by atoms with van der Waals surface area (Å²) in [6.07, 6.45) is 1.63. The van der Waals surface area contributed by atoms with Crippen molar-refractivity contribution in [3.8, 4) is 0 Å². The molecule has 102 valence electrons. The Morgan fingerprint density at radius 3 is 2.63 bits per heavy atom.